The fourth-order valence-electron chi connectivity index (χ4n) is 4.21. The zero-order chi connectivity index (χ0) is 21.1. The maximum absolute atomic E-state index is 12.1. The minimum absolute atomic E-state index is 0.392. The molecule has 3 aromatic carbocycles. The molecule has 0 unspecified atom stereocenters. The summed E-state index contributed by atoms with van der Waals surface area (Å²) in [6, 6.07) is 20.5. The zero-order valence-electron chi connectivity index (χ0n) is 17.7. The van der Waals surface area contributed by atoms with Crippen LogP contribution in [-0.4, -0.2) is 17.6 Å². The highest BCUT2D eigenvalue weighted by atomic mass is 16.5. The van der Waals surface area contributed by atoms with Crippen LogP contribution in [0.25, 0.3) is 21.8 Å². The largest absolute Gasteiger partial charge is 0.497 e. The predicted molar refractivity (Wildman–Crippen MR) is 123 cm³/mol. The van der Waals surface area contributed by atoms with Crippen molar-refractivity contribution in [2.45, 2.75) is 39.2 Å². The van der Waals surface area contributed by atoms with Gasteiger partial charge in [-0.1, -0.05) is 50.1 Å². The number of methoxy groups -OCH3 is 1. The number of rotatable bonds is 8. The first-order chi connectivity index (χ1) is 14.6. The zero-order valence-corrected chi connectivity index (χ0v) is 17.7. The van der Waals surface area contributed by atoms with Crippen LogP contribution < -0.4 is 10.5 Å². The summed E-state index contributed by atoms with van der Waals surface area (Å²) in [5.41, 5.74) is 11.0. The van der Waals surface area contributed by atoms with E-state index in [9.17, 15) is 4.79 Å². The van der Waals surface area contributed by atoms with Crippen molar-refractivity contribution < 1.29 is 9.53 Å². The molecule has 0 spiro atoms. The lowest BCUT2D eigenvalue weighted by atomic mass is 10.0. The quantitative estimate of drug-likeness (QED) is 0.387. The molecule has 0 saturated carbocycles. The average molecular weight is 401 g/mol. The van der Waals surface area contributed by atoms with Gasteiger partial charge in [0, 0.05) is 28.4 Å². The molecule has 154 valence electrons. The first-order valence-corrected chi connectivity index (χ1v) is 10.6. The van der Waals surface area contributed by atoms with Crippen LogP contribution in [0.15, 0.2) is 60.7 Å². The van der Waals surface area contributed by atoms with E-state index in [-0.39, 0.29) is 0 Å². The SMILES string of the molecule is CCCCCc1ccc2c3c(C(N)=O)cccc3n(Cc3ccc(OC)cc3)c2c1. The van der Waals surface area contributed by atoms with E-state index in [0.717, 1.165) is 34.0 Å². The number of fused-ring (bicyclic) bond motifs is 3. The summed E-state index contributed by atoms with van der Waals surface area (Å²) in [5, 5.41) is 2.01. The molecule has 0 fully saturated rings. The number of nitrogens with zero attached hydrogens (tertiary/aromatic N) is 1. The fourth-order valence-corrected chi connectivity index (χ4v) is 4.21. The molecular weight excluding hydrogens is 372 g/mol. The van der Waals surface area contributed by atoms with Crippen LogP contribution in [-0.2, 0) is 13.0 Å². The van der Waals surface area contributed by atoms with Crippen molar-refractivity contribution in [2.24, 2.45) is 5.73 Å². The number of ether oxygens (including phenoxy) is 1. The number of hydrogen-bond donors (Lipinski definition) is 1. The second-order valence-electron chi connectivity index (χ2n) is 7.81. The van der Waals surface area contributed by atoms with Gasteiger partial charge in [-0.05, 0) is 54.3 Å². The highest BCUT2D eigenvalue weighted by Gasteiger charge is 2.17. The Kier molecular flexibility index (Phi) is 5.75. The van der Waals surface area contributed by atoms with Gasteiger partial charge in [0.15, 0.2) is 0 Å². The van der Waals surface area contributed by atoms with Gasteiger partial charge in [-0.25, -0.2) is 0 Å². The third kappa shape index (κ3) is 3.78. The minimum atomic E-state index is -0.392. The second kappa shape index (κ2) is 8.62. The van der Waals surface area contributed by atoms with Crippen molar-refractivity contribution in [3.8, 4) is 5.75 Å². The number of aromatic nitrogens is 1. The molecule has 4 nitrogen and oxygen atoms in total. The Morgan fingerprint density at radius 1 is 0.967 bits per heavy atom. The number of unbranched alkanes of at least 4 members (excludes halogenated alkanes) is 2. The molecule has 30 heavy (non-hydrogen) atoms. The van der Waals surface area contributed by atoms with Crippen LogP contribution >= 0.6 is 0 Å². The van der Waals surface area contributed by atoms with E-state index in [0.29, 0.717) is 12.1 Å². The number of nitrogens with two attached hydrogens (primary N) is 1. The Bertz CT molecular complexity index is 1190. The Morgan fingerprint density at radius 3 is 2.43 bits per heavy atom. The smallest absolute Gasteiger partial charge is 0.249 e. The Labute approximate surface area is 177 Å². The van der Waals surface area contributed by atoms with Crippen molar-refractivity contribution in [3.05, 3.63) is 77.4 Å². The Balaban J connectivity index is 1.88. The van der Waals surface area contributed by atoms with Crippen molar-refractivity contribution in [3.63, 3.8) is 0 Å². The lowest BCUT2D eigenvalue weighted by molar-refractivity contribution is 0.100. The van der Waals surface area contributed by atoms with E-state index >= 15 is 0 Å². The lowest BCUT2D eigenvalue weighted by Crippen LogP contribution is -2.11. The molecule has 0 aliphatic rings. The summed E-state index contributed by atoms with van der Waals surface area (Å²) in [7, 11) is 1.67. The van der Waals surface area contributed by atoms with E-state index in [4.69, 9.17) is 10.5 Å². The topological polar surface area (TPSA) is 57.2 Å². The number of amides is 1. The van der Waals surface area contributed by atoms with Gasteiger partial charge in [-0.3, -0.25) is 4.79 Å². The number of benzene rings is 3. The van der Waals surface area contributed by atoms with Crippen LogP contribution in [0.4, 0.5) is 0 Å². The molecule has 1 aromatic heterocycles. The molecular formula is C26H28N2O2. The number of primary amides is 1. The predicted octanol–water partition coefficient (Wildman–Crippen LogP) is 5.68. The monoisotopic (exact) mass is 400 g/mol. The summed E-state index contributed by atoms with van der Waals surface area (Å²) in [6.07, 6.45) is 4.70. The first kappa shape index (κ1) is 20.0. The van der Waals surface area contributed by atoms with Crippen molar-refractivity contribution in [1.29, 1.82) is 0 Å². The summed E-state index contributed by atoms with van der Waals surface area (Å²) < 4.78 is 7.59. The molecule has 0 radical (unpaired) electrons. The van der Waals surface area contributed by atoms with Gasteiger partial charge in [-0.15, -0.1) is 0 Å². The molecule has 1 amide bonds. The third-order valence-corrected chi connectivity index (χ3v) is 5.79. The van der Waals surface area contributed by atoms with Gasteiger partial charge in [0.2, 0.25) is 5.91 Å². The van der Waals surface area contributed by atoms with E-state index in [1.807, 2.05) is 24.3 Å². The number of hydrogen-bond acceptors (Lipinski definition) is 2. The molecule has 0 bridgehead atoms. The van der Waals surface area contributed by atoms with E-state index in [1.54, 1.807) is 7.11 Å². The number of carbonyl (C=O) groups is 1. The van der Waals surface area contributed by atoms with Crippen LogP contribution in [0.2, 0.25) is 0 Å². The normalized spacial score (nSPS) is 11.3. The Morgan fingerprint density at radius 2 is 1.73 bits per heavy atom. The van der Waals surface area contributed by atoms with Crippen LogP contribution in [0.3, 0.4) is 0 Å². The summed E-state index contributed by atoms with van der Waals surface area (Å²) in [6.45, 7) is 2.94. The van der Waals surface area contributed by atoms with Gasteiger partial charge in [-0.2, -0.15) is 0 Å². The highest BCUT2D eigenvalue weighted by Crippen LogP contribution is 2.33. The molecule has 2 N–H and O–H groups in total. The van der Waals surface area contributed by atoms with E-state index in [1.165, 1.54) is 30.4 Å². The maximum Gasteiger partial charge on any atom is 0.249 e. The minimum Gasteiger partial charge on any atom is -0.497 e. The molecule has 0 aliphatic carbocycles. The molecule has 0 atom stereocenters. The molecule has 1 heterocycles. The summed E-state index contributed by atoms with van der Waals surface area (Å²) in [4.78, 5) is 12.1. The second-order valence-corrected chi connectivity index (χ2v) is 7.81. The van der Waals surface area contributed by atoms with E-state index < -0.39 is 5.91 Å². The molecule has 4 aromatic rings. The number of carbonyl (C=O) groups excluding carboxylic acids is 1. The van der Waals surface area contributed by atoms with Gasteiger partial charge in [0.25, 0.3) is 0 Å². The van der Waals surface area contributed by atoms with Crippen molar-refractivity contribution in [1.82, 2.24) is 4.57 Å². The summed E-state index contributed by atoms with van der Waals surface area (Å²) in [5.74, 6) is 0.450. The van der Waals surface area contributed by atoms with E-state index in [2.05, 4.69) is 47.9 Å². The van der Waals surface area contributed by atoms with Crippen LogP contribution in [0, 0.1) is 0 Å². The highest BCUT2D eigenvalue weighted by molar-refractivity contribution is 6.18. The van der Waals surface area contributed by atoms with Gasteiger partial charge in [0.1, 0.15) is 5.75 Å². The number of aryl methyl sites for hydroxylation is 1. The lowest BCUT2D eigenvalue weighted by Gasteiger charge is -2.10. The standard InChI is InChI=1S/C26H28N2O2/c1-3-4-5-7-18-12-15-21-24(16-18)28(17-19-10-13-20(30-2)14-11-19)23-9-6-8-22(25(21)23)26(27)29/h6,8-16H,3-5,7,17H2,1-2H3,(H2,27,29). The third-order valence-electron chi connectivity index (χ3n) is 5.79. The first-order valence-electron chi connectivity index (χ1n) is 10.6. The Hall–Kier alpha value is -3.27. The van der Waals surface area contributed by atoms with Crippen LogP contribution in [0.5, 0.6) is 5.75 Å². The van der Waals surface area contributed by atoms with Crippen LogP contribution in [0.1, 0.15) is 47.7 Å². The fraction of sp³-hybridized carbons (Fsp3) is 0.269. The average Bonchev–Trinajstić information content (AvgIpc) is 3.07. The van der Waals surface area contributed by atoms with Gasteiger partial charge < -0.3 is 15.0 Å². The molecule has 4 heteroatoms. The van der Waals surface area contributed by atoms with Crippen molar-refractivity contribution >= 4 is 27.7 Å². The van der Waals surface area contributed by atoms with Crippen molar-refractivity contribution in [2.75, 3.05) is 7.11 Å². The molecule has 0 aliphatic heterocycles. The molecule has 4 rings (SSSR count). The molecule has 0 saturated heterocycles. The summed E-state index contributed by atoms with van der Waals surface area (Å²) >= 11 is 0. The van der Waals surface area contributed by atoms with Gasteiger partial charge >= 0.3 is 0 Å². The van der Waals surface area contributed by atoms with Gasteiger partial charge in [0.05, 0.1) is 12.6 Å². The maximum atomic E-state index is 12.1.